The molecule has 0 saturated heterocycles. The molecule has 1 aromatic carbocycles. The van der Waals surface area contributed by atoms with E-state index in [0.29, 0.717) is 12.5 Å². The van der Waals surface area contributed by atoms with E-state index >= 15 is 0 Å². The summed E-state index contributed by atoms with van der Waals surface area (Å²) in [6, 6.07) is 9.86. The molecule has 26 heavy (non-hydrogen) atoms. The van der Waals surface area contributed by atoms with Crippen molar-refractivity contribution in [1.82, 2.24) is 10.3 Å². The van der Waals surface area contributed by atoms with Crippen molar-refractivity contribution in [1.29, 1.82) is 0 Å². The first-order valence-electron chi connectivity index (χ1n) is 8.74. The molecule has 1 N–H and O–H groups in total. The van der Waals surface area contributed by atoms with Crippen LogP contribution in [0.25, 0.3) is 0 Å². The summed E-state index contributed by atoms with van der Waals surface area (Å²) < 4.78 is 16.7. The Kier molecular flexibility index (Phi) is 7.48. The van der Waals surface area contributed by atoms with Crippen LogP contribution in [0.1, 0.15) is 31.9 Å². The van der Waals surface area contributed by atoms with Crippen molar-refractivity contribution in [3.63, 3.8) is 0 Å². The monoisotopic (exact) mass is 356 g/mol. The van der Waals surface area contributed by atoms with Crippen LogP contribution in [-0.4, -0.2) is 24.8 Å². The molecule has 0 spiro atoms. The van der Waals surface area contributed by atoms with Gasteiger partial charge >= 0.3 is 0 Å². The van der Waals surface area contributed by atoms with E-state index in [9.17, 15) is 0 Å². The van der Waals surface area contributed by atoms with Gasteiger partial charge < -0.3 is 19.5 Å². The molecular weight excluding hydrogens is 328 g/mol. The number of rotatable bonds is 10. The molecule has 0 bridgehead atoms. The quantitative estimate of drug-likeness (QED) is 0.649. The summed E-state index contributed by atoms with van der Waals surface area (Å²) in [5, 5.41) is 3.41. The Labute approximate surface area is 156 Å². The molecule has 0 atom stereocenters. The lowest BCUT2D eigenvalue weighted by Crippen LogP contribution is -2.13. The molecule has 5 heteroatoms. The van der Waals surface area contributed by atoms with E-state index in [-0.39, 0.29) is 6.10 Å². The fourth-order valence-electron chi connectivity index (χ4n) is 2.32. The summed E-state index contributed by atoms with van der Waals surface area (Å²) in [7, 11) is 1.64. The maximum absolute atomic E-state index is 5.76. The summed E-state index contributed by atoms with van der Waals surface area (Å²) in [5.74, 6) is 2.10. The third kappa shape index (κ3) is 6.41. The molecule has 0 fully saturated rings. The van der Waals surface area contributed by atoms with Crippen molar-refractivity contribution >= 4 is 0 Å². The van der Waals surface area contributed by atoms with Gasteiger partial charge in [0.05, 0.1) is 13.2 Å². The van der Waals surface area contributed by atoms with Gasteiger partial charge in [-0.2, -0.15) is 0 Å². The third-order valence-electron chi connectivity index (χ3n) is 3.51. The van der Waals surface area contributed by atoms with E-state index in [4.69, 9.17) is 14.2 Å². The predicted molar refractivity (Wildman–Crippen MR) is 104 cm³/mol. The number of pyridine rings is 1. The summed E-state index contributed by atoms with van der Waals surface area (Å²) in [6.07, 6.45) is 1.96. The maximum atomic E-state index is 5.76. The zero-order valence-corrected chi connectivity index (χ0v) is 16.0. The van der Waals surface area contributed by atoms with Crippen LogP contribution >= 0.6 is 0 Å². The third-order valence-corrected chi connectivity index (χ3v) is 3.51. The largest absolute Gasteiger partial charge is 0.493 e. The number of aromatic nitrogens is 1. The van der Waals surface area contributed by atoms with Crippen molar-refractivity contribution in [3.05, 3.63) is 59.8 Å². The van der Waals surface area contributed by atoms with Gasteiger partial charge in [0.25, 0.3) is 0 Å². The first-order valence-corrected chi connectivity index (χ1v) is 8.74. The Morgan fingerprint density at radius 3 is 2.46 bits per heavy atom. The van der Waals surface area contributed by atoms with E-state index in [2.05, 4.69) is 16.9 Å². The number of hydrogen-bond donors (Lipinski definition) is 1. The first-order chi connectivity index (χ1) is 12.5. The molecule has 0 aliphatic heterocycles. The van der Waals surface area contributed by atoms with Crippen molar-refractivity contribution in [2.45, 2.75) is 40.0 Å². The van der Waals surface area contributed by atoms with Crippen molar-refractivity contribution in [2.75, 3.05) is 13.7 Å². The molecule has 2 rings (SSSR count). The normalized spacial score (nSPS) is 10.7. The predicted octanol–water partition coefficient (Wildman–Crippen LogP) is 4.12. The molecule has 1 aromatic heterocycles. The lowest BCUT2D eigenvalue weighted by molar-refractivity contribution is 0.232. The van der Waals surface area contributed by atoms with Crippen LogP contribution in [0.4, 0.5) is 0 Å². The first kappa shape index (κ1) is 19.8. The Morgan fingerprint density at radius 2 is 1.85 bits per heavy atom. The highest BCUT2D eigenvalue weighted by Gasteiger charge is 2.06. The van der Waals surface area contributed by atoms with Crippen LogP contribution in [0.15, 0.2) is 48.7 Å². The Balaban J connectivity index is 1.90. The average Bonchev–Trinajstić information content (AvgIpc) is 2.61. The molecule has 5 nitrogen and oxygen atoms in total. The molecule has 1 heterocycles. The second-order valence-corrected chi connectivity index (χ2v) is 6.51. The fourth-order valence-corrected chi connectivity index (χ4v) is 2.32. The smallest absolute Gasteiger partial charge is 0.213 e. The van der Waals surface area contributed by atoms with Gasteiger partial charge in [0.1, 0.15) is 6.61 Å². The number of ether oxygens (including phenoxy) is 3. The minimum absolute atomic E-state index is 0.128. The summed E-state index contributed by atoms with van der Waals surface area (Å²) in [6.45, 7) is 11.7. The van der Waals surface area contributed by atoms with Gasteiger partial charge in [0.2, 0.25) is 5.88 Å². The van der Waals surface area contributed by atoms with Crippen LogP contribution in [0.5, 0.6) is 17.4 Å². The molecule has 0 aliphatic rings. The fraction of sp³-hybridized carbons (Fsp3) is 0.381. The summed E-state index contributed by atoms with van der Waals surface area (Å²) >= 11 is 0. The highest BCUT2D eigenvalue weighted by Crippen LogP contribution is 2.28. The maximum Gasteiger partial charge on any atom is 0.213 e. The zero-order valence-electron chi connectivity index (χ0n) is 16.0. The number of benzene rings is 1. The summed E-state index contributed by atoms with van der Waals surface area (Å²) in [5.41, 5.74) is 3.19. The van der Waals surface area contributed by atoms with Crippen LogP contribution in [0, 0.1) is 0 Å². The van der Waals surface area contributed by atoms with Gasteiger partial charge in [0, 0.05) is 25.4 Å². The SMILES string of the molecule is C=C(C)COc1cc(CNCc2ccc(OC(C)C)nc2)ccc1OC. The Hall–Kier alpha value is -2.53. The van der Waals surface area contributed by atoms with E-state index in [1.165, 1.54) is 0 Å². The number of nitrogens with one attached hydrogen (secondary N) is 1. The second kappa shape index (κ2) is 9.82. The van der Waals surface area contributed by atoms with Gasteiger partial charge in [-0.1, -0.05) is 18.7 Å². The van der Waals surface area contributed by atoms with E-state index < -0.39 is 0 Å². The molecular formula is C21H28N2O3. The molecule has 0 saturated carbocycles. The lowest BCUT2D eigenvalue weighted by atomic mass is 10.2. The van der Waals surface area contributed by atoms with Crippen LogP contribution in [-0.2, 0) is 13.1 Å². The van der Waals surface area contributed by atoms with Gasteiger partial charge in [-0.15, -0.1) is 0 Å². The molecule has 0 unspecified atom stereocenters. The molecule has 0 radical (unpaired) electrons. The van der Waals surface area contributed by atoms with Crippen molar-refractivity contribution < 1.29 is 14.2 Å². The zero-order chi connectivity index (χ0) is 18.9. The topological polar surface area (TPSA) is 52.6 Å². The highest BCUT2D eigenvalue weighted by atomic mass is 16.5. The molecule has 2 aromatic rings. The van der Waals surface area contributed by atoms with E-state index in [0.717, 1.165) is 41.3 Å². The van der Waals surface area contributed by atoms with Gasteiger partial charge in [0.15, 0.2) is 11.5 Å². The molecule has 0 amide bonds. The molecule has 140 valence electrons. The second-order valence-electron chi connectivity index (χ2n) is 6.51. The van der Waals surface area contributed by atoms with Crippen LogP contribution in [0.3, 0.4) is 0 Å². The van der Waals surface area contributed by atoms with Crippen molar-refractivity contribution in [2.24, 2.45) is 0 Å². The number of nitrogens with zero attached hydrogens (tertiary/aromatic N) is 1. The lowest BCUT2D eigenvalue weighted by Gasteiger charge is -2.13. The van der Waals surface area contributed by atoms with Gasteiger partial charge in [-0.3, -0.25) is 0 Å². The van der Waals surface area contributed by atoms with E-state index in [1.807, 2.05) is 57.3 Å². The highest BCUT2D eigenvalue weighted by molar-refractivity contribution is 5.43. The minimum atomic E-state index is 0.128. The Bertz CT molecular complexity index is 712. The number of hydrogen-bond acceptors (Lipinski definition) is 5. The van der Waals surface area contributed by atoms with Crippen molar-refractivity contribution in [3.8, 4) is 17.4 Å². The van der Waals surface area contributed by atoms with Gasteiger partial charge in [-0.25, -0.2) is 4.98 Å². The minimum Gasteiger partial charge on any atom is -0.493 e. The summed E-state index contributed by atoms with van der Waals surface area (Å²) in [4.78, 5) is 4.32. The Morgan fingerprint density at radius 1 is 1.12 bits per heavy atom. The van der Waals surface area contributed by atoms with Crippen LogP contribution < -0.4 is 19.5 Å². The van der Waals surface area contributed by atoms with E-state index in [1.54, 1.807) is 7.11 Å². The standard InChI is InChI=1S/C21H28N2O3/c1-15(2)14-25-20-10-17(6-8-19(20)24-5)11-22-12-18-7-9-21(23-13-18)26-16(3)4/h6-10,13,16,22H,1,11-12,14H2,2-5H3. The van der Waals surface area contributed by atoms with Gasteiger partial charge in [-0.05, 0) is 49.6 Å². The average molecular weight is 356 g/mol. The number of methoxy groups -OCH3 is 1. The van der Waals surface area contributed by atoms with Crippen LogP contribution in [0.2, 0.25) is 0 Å². The molecule has 0 aliphatic carbocycles.